The van der Waals surface area contributed by atoms with Crippen LogP contribution in [0, 0.1) is 0 Å². The normalized spacial score (nSPS) is 14.1. The molecule has 0 amide bonds. The highest BCUT2D eigenvalue weighted by atomic mass is 15.4. The highest BCUT2D eigenvalue weighted by Gasteiger charge is 2.26. The molecule has 0 aromatic heterocycles. The number of hydrogen-bond donors (Lipinski definition) is 0. The van der Waals surface area contributed by atoms with Gasteiger partial charge in [-0.1, -0.05) is 134 Å². The van der Waals surface area contributed by atoms with Crippen LogP contribution in [-0.4, -0.2) is 22.9 Å². The van der Waals surface area contributed by atoms with E-state index < -0.39 is 0 Å². The minimum absolute atomic E-state index is 0.398. The van der Waals surface area contributed by atoms with Crippen LogP contribution >= 0.6 is 0 Å². The van der Waals surface area contributed by atoms with Crippen LogP contribution in [-0.2, 0) is 0 Å². The van der Waals surface area contributed by atoms with Gasteiger partial charge in [0.25, 0.3) is 0 Å². The summed E-state index contributed by atoms with van der Waals surface area (Å²) in [4.78, 5) is 5.16. The maximum Gasteiger partial charge on any atom is 0.127 e. The molecule has 0 N–H and O–H groups in total. The first kappa shape index (κ1) is 25.8. The molecule has 31 heavy (non-hydrogen) atoms. The van der Waals surface area contributed by atoms with Gasteiger partial charge in [-0.05, 0) is 18.4 Å². The molecule has 0 spiro atoms. The molecule has 1 aliphatic rings. The van der Waals surface area contributed by atoms with Crippen LogP contribution in [0.5, 0.6) is 0 Å². The second-order valence-electron chi connectivity index (χ2n) is 9.51. The largest absolute Gasteiger partial charge is 0.352 e. The third-order valence-electron chi connectivity index (χ3n) is 6.72. The van der Waals surface area contributed by atoms with Gasteiger partial charge >= 0.3 is 0 Å². The van der Waals surface area contributed by atoms with Gasteiger partial charge in [0.05, 0.1) is 0 Å². The lowest BCUT2D eigenvalue weighted by atomic mass is 10.1. The predicted molar refractivity (Wildman–Crippen MR) is 137 cm³/mol. The molecule has 0 radical (unpaired) electrons. The Morgan fingerprint density at radius 2 is 0.903 bits per heavy atom. The molecule has 0 saturated heterocycles. The summed E-state index contributed by atoms with van der Waals surface area (Å²) in [6.45, 7) is 6.95. The molecule has 0 bridgehead atoms. The van der Waals surface area contributed by atoms with Gasteiger partial charge in [0, 0.05) is 25.5 Å². The summed E-state index contributed by atoms with van der Waals surface area (Å²) in [5.74, 6) is 0. The Bertz CT molecular complexity index is 523. The van der Waals surface area contributed by atoms with Gasteiger partial charge in [0.15, 0.2) is 0 Å². The molecule has 0 aliphatic carbocycles. The Kier molecular flexibility index (Phi) is 14.3. The van der Waals surface area contributed by atoms with Gasteiger partial charge in [0.1, 0.15) is 6.17 Å². The molecule has 2 heteroatoms. The Hall–Kier alpha value is -1.44. The monoisotopic (exact) mass is 426 g/mol. The molecule has 1 aliphatic heterocycles. The number of benzene rings is 1. The summed E-state index contributed by atoms with van der Waals surface area (Å²) < 4.78 is 0. The van der Waals surface area contributed by atoms with Gasteiger partial charge in [-0.15, -0.1) is 0 Å². The van der Waals surface area contributed by atoms with E-state index in [0.717, 1.165) is 0 Å². The zero-order valence-corrected chi connectivity index (χ0v) is 20.7. The summed E-state index contributed by atoms with van der Waals surface area (Å²) in [7, 11) is 0. The fraction of sp³-hybridized carbons (Fsp3) is 0.724. The smallest absolute Gasteiger partial charge is 0.127 e. The van der Waals surface area contributed by atoms with Crippen LogP contribution in [0.4, 0.5) is 0 Å². The topological polar surface area (TPSA) is 6.48 Å². The van der Waals surface area contributed by atoms with Crippen molar-refractivity contribution in [3.63, 3.8) is 0 Å². The van der Waals surface area contributed by atoms with E-state index in [1.807, 2.05) is 0 Å². The molecular formula is C29H50N2. The fourth-order valence-corrected chi connectivity index (χ4v) is 4.78. The van der Waals surface area contributed by atoms with E-state index in [0.29, 0.717) is 6.17 Å². The van der Waals surface area contributed by atoms with Crippen molar-refractivity contribution < 1.29 is 0 Å². The fourth-order valence-electron chi connectivity index (χ4n) is 4.78. The summed E-state index contributed by atoms with van der Waals surface area (Å²) in [5, 5.41) is 0. The minimum Gasteiger partial charge on any atom is -0.352 e. The summed E-state index contributed by atoms with van der Waals surface area (Å²) >= 11 is 0. The third-order valence-corrected chi connectivity index (χ3v) is 6.72. The summed E-state index contributed by atoms with van der Waals surface area (Å²) in [6, 6.07) is 11.1. The van der Waals surface area contributed by atoms with Crippen molar-refractivity contribution in [2.24, 2.45) is 0 Å². The highest BCUT2D eigenvalue weighted by molar-refractivity contribution is 5.21. The van der Waals surface area contributed by atoms with Crippen LogP contribution in [0.1, 0.15) is 128 Å². The van der Waals surface area contributed by atoms with Crippen LogP contribution in [0.3, 0.4) is 0 Å². The van der Waals surface area contributed by atoms with Gasteiger partial charge in [-0.2, -0.15) is 0 Å². The lowest BCUT2D eigenvalue weighted by Crippen LogP contribution is -2.32. The van der Waals surface area contributed by atoms with Crippen molar-refractivity contribution in [2.45, 2.75) is 123 Å². The highest BCUT2D eigenvalue weighted by Crippen LogP contribution is 2.31. The van der Waals surface area contributed by atoms with Gasteiger partial charge in [0.2, 0.25) is 0 Å². The van der Waals surface area contributed by atoms with Crippen molar-refractivity contribution >= 4 is 0 Å². The van der Waals surface area contributed by atoms with Gasteiger partial charge < -0.3 is 9.80 Å². The second-order valence-corrected chi connectivity index (χ2v) is 9.51. The number of unbranched alkanes of at least 4 members (excludes halogenated alkanes) is 14. The van der Waals surface area contributed by atoms with E-state index in [1.54, 1.807) is 0 Å². The zero-order valence-electron chi connectivity index (χ0n) is 20.7. The van der Waals surface area contributed by atoms with E-state index in [4.69, 9.17) is 0 Å². The molecule has 1 aromatic rings. The predicted octanol–water partition coefficient (Wildman–Crippen LogP) is 9.06. The molecule has 176 valence electrons. The number of rotatable bonds is 19. The van der Waals surface area contributed by atoms with E-state index in [2.05, 4.69) is 66.4 Å². The maximum absolute atomic E-state index is 2.58. The quantitative estimate of drug-likeness (QED) is 0.203. The van der Waals surface area contributed by atoms with E-state index in [9.17, 15) is 0 Å². The average molecular weight is 427 g/mol. The van der Waals surface area contributed by atoms with Gasteiger partial charge in [-0.25, -0.2) is 0 Å². The van der Waals surface area contributed by atoms with Crippen LogP contribution in [0.25, 0.3) is 0 Å². The third kappa shape index (κ3) is 10.6. The molecule has 0 saturated carbocycles. The average Bonchev–Trinajstić information content (AvgIpc) is 3.20. The molecule has 1 heterocycles. The number of nitrogens with zero attached hydrogens (tertiary/aromatic N) is 2. The van der Waals surface area contributed by atoms with Crippen molar-refractivity contribution in [3.8, 4) is 0 Å². The molecule has 0 fully saturated rings. The molecular weight excluding hydrogens is 376 g/mol. The second kappa shape index (κ2) is 17.2. The van der Waals surface area contributed by atoms with Crippen molar-refractivity contribution in [3.05, 3.63) is 48.3 Å². The number of hydrogen-bond acceptors (Lipinski definition) is 2. The zero-order chi connectivity index (χ0) is 22.0. The molecule has 2 nitrogen and oxygen atoms in total. The standard InChI is InChI=1S/C29H50N2/c1-3-5-7-9-11-13-15-20-24-30-26-27-31(29(30)28-22-18-17-19-23-28)25-21-16-14-12-10-8-6-4-2/h17-19,22-23,26-27,29H,3-16,20-21,24-25H2,1-2H3. The van der Waals surface area contributed by atoms with Crippen LogP contribution < -0.4 is 0 Å². The maximum atomic E-state index is 2.58. The Balaban J connectivity index is 1.70. The minimum atomic E-state index is 0.398. The molecule has 2 rings (SSSR count). The van der Waals surface area contributed by atoms with E-state index in [-0.39, 0.29) is 0 Å². The van der Waals surface area contributed by atoms with Crippen molar-refractivity contribution in [1.82, 2.24) is 9.80 Å². The Morgan fingerprint density at radius 1 is 0.516 bits per heavy atom. The first-order valence-electron chi connectivity index (χ1n) is 13.6. The van der Waals surface area contributed by atoms with E-state index >= 15 is 0 Å². The SMILES string of the molecule is CCCCCCCCCCN1C=CN(CCCCCCCCCC)C1c1ccccc1. The molecule has 1 aromatic carbocycles. The summed E-state index contributed by atoms with van der Waals surface area (Å²) in [6.07, 6.45) is 27.3. The lowest BCUT2D eigenvalue weighted by Gasteiger charge is -2.33. The molecule has 0 atom stereocenters. The summed E-state index contributed by atoms with van der Waals surface area (Å²) in [5.41, 5.74) is 1.44. The first-order chi connectivity index (χ1) is 15.4. The van der Waals surface area contributed by atoms with Crippen LogP contribution in [0.2, 0.25) is 0 Å². The lowest BCUT2D eigenvalue weighted by molar-refractivity contribution is 0.149. The molecule has 0 unspecified atom stereocenters. The van der Waals surface area contributed by atoms with Crippen LogP contribution in [0.15, 0.2) is 42.7 Å². The van der Waals surface area contributed by atoms with Crippen molar-refractivity contribution in [1.29, 1.82) is 0 Å². The van der Waals surface area contributed by atoms with Crippen molar-refractivity contribution in [2.75, 3.05) is 13.1 Å². The first-order valence-corrected chi connectivity index (χ1v) is 13.6. The van der Waals surface area contributed by atoms with E-state index in [1.165, 1.54) is 121 Å². The Labute approximate surface area is 194 Å². The Morgan fingerprint density at radius 3 is 1.32 bits per heavy atom. The van der Waals surface area contributed by atoms with Gasteiger partial charge in [-0.3, -0.25) is 0 Å².